The van der Waals surface area contributed by atoms with Gasteiger partial charge in [0.1, 0.15) is 12.7 Å². The zero-order valence-corrected chi connectivity index (χ0v) is 10.1. The van der Waals surface area contributed by atoms with Gasteiger partial charge >= 0.3 is 0 Å². The Morgan fingerprint density at radius 1 is 1.69 bits per heavy atom. The van der Waals surface area contributed by atoms with Gasteiger partial charge in [-0.25, -0.2) is 4.98 Å². The van der Waals surface area contributed by atoms with Crippen molar-refractivity contribution in [2.45, 2.75) is 25.6 Å². The van der Waals surface area contributed by atoms with Crippen LogP contribution in [0.1, 0.15) is 13.8 Å². The molecule has 0 spiro atoms. The average Bonchev–Trinajstić information content (AvgIpc) is 2.60. The van der Waals surface area contributed by atoms with E-state index in [4.69, 9.17) is 9.47 Å². The molecule has 1 aromatic heterocycles. The molecule has 2 rings (SSSR count). The third-order valence-corrected chi connectivity index (χ3v) is 2.58. The van der Waals surface area contributed by atoms with Crippen molar-refractivity contribution in [3.63, 3.8) is 0 Å². The zero-order valence-electron chi connectivity index (χ0n) is 10.1. The van der Waals surface area contributed by atoms with E-state index in [0.29, 0.717) is 12.6 Å². The summed E-state index contributed by atoms with van der Waals surface area (Å²) in [6.07, 6.45) is 3.67. The molecule has 90 valence electrons. The number of rotatable bonds is 3. The molecule has 5 nitrogen and oxygen atoms in total. The van der Waals surface area contributed by atoms with Crippen LogP contribution in [0.4, 0.5) is 0 Å². The van der Waals surface area contributed by atoms with E-state index in [1.54, 1.807) is 6.20 Å². The molecule has 0 bridgehead atoms. The van der Waals surface area contributed by atoms with Crippen molar-refractivity contribution < 1.29 is 9.47 Å². The highest BCUT2D eigenvalue weighted by Crippen LogP contribution is 2.16. The summed E-state index contributed by atoms with van der Waals surface area (Å²) in [4.78, 5) is 4.10. The van der Waals surface area contributed by atoms with Gasteiger partial charge < -0.3 is 19.4 Å². The van der Waals surface area contributed by atoms with Crippen LogP contribution in [-0.4, -0.2) is 41.0 Å². The van der Waals surface area contributed by atoms with E-state index in [1.807, 2.05) is 17.8 Å². The van der Waals surface area contributed by atoms with Crippen molar-refractivity contribution in [3.8, 4) is 6.01 Å². The maximum atomic E-state index is 5.89. The molecule has 2 heterocycles. The van der Waals surface area contributed by atoms with Crippen molar-refractivity contribution in [2.75, 3.05) is 19.7 Å². The summed E-state index contributed by atoms with van der Waals surface area (Å²) in [7, 11) is 1.91. The van der Waals surface area contributed by atoms with Gasteiger partial charge in [-0.3, -0.25) is 0 Å². The molecular weight excluding hydrogens is 206 g/mol. The highest BCUT2D eigenvalue weighted by molar-refractivity contribution is 4.97. The molecule has 0 aliphatic carbocycles. The van der Waals surface area contributed by atoms with Crippen molar-refractivity contribution in [1.82, 2.24) is 14.9 Å². The van der Waals surface area contributed by atoms with Crippen LogP contribution in [0, 0.1) is 0 Å². The van der Waals surface area contributed by atoms with E-state index in [1.165, 1.54) is 0 Å². The second-order valence-corrected chi connectivity index (χ2v) is 4.76. The van der Waals surface area contributed by atoms with Gasteiger partial charge in [0.05, 0.1) is 5.60 Å². The standard InChI is InChI=1S/C11H19N3O2/c1-11(2)8-12-6-9(16-11)7-15-10-13-4-5-14(10)3/h4-5,9,12H,6-8H2,1-3H3. The third-order valence-electron chi connectivity index (χ3n) is 2.58. The number of imidazole rings is 1. The van der Waals surface area contributed by atoms with Crippen molar-refractivity contribution in [3.05, 3.63) is 12.4 Å². The normalized spacial score (nSPS) is 24.3. The number of aryl methyl sites for hydroxylation is 1. The lowest BCUT2D eigenvalue weighted by atomic mass is 10.1. The van der Waals surface area contributed by atoms with Crippen molar-refractivity contribution in [1.29, 1.82) is 0 Å². The molecule has 1 atom stereocenters. The predicted octanol–water partition coefficient (Wildman–Crippen LogP) is 0.566. The Balaban J connectivity index is 1.84. The lowest BCUT2D eigenvalue weighted by molar-refractivity contribution is -0.107. The number of morpholine rings is 1. The van der Waals surface area contributed by atoms with Gasteiger partial charge in [0.15, 0.2) is 0 Å². The molecule has 1 unspecified atom stereocenters. The Bertz CT molecular complexity index is 349. The van der Waals surface area contributed by atoms with Crippen LogP contribution in [0.25, 0.3) is 0 Å². The first-order valence-electron chi connectivity index (χ1n) is 5.55. The fraction of sp³-hybridized carbons (Fsp3) is 0.727. The van der Waals surface area contributed by atoms with E-state index in [9.17, 15) is 0 Å². The summed E-state index contributed by atoms with van der Waals surface area (Å²) >= 11 is 0. The second-order valence-electron chi connectivity index (χ2n) is 4.76. The molecule has 0 radical (unpaired) electrons. The Kier molecular flexibility index (Phi) is 3.16. The largest absolute Gasteiger partial charge is 0.462 e. The van der Waals surface area contributed by atoms with Crippen LogP contribution in [-0.2, 0) is 11.8 Å². The van der Waals surface area contributed by atoms with Crippen LogP contribution in [0.15, 0.2) is 12.4 Å². The summed E-state index contributed by atoms with van der Waals surface area (Å²) in [5.74, 6) is 0. The zero-order chi connectivity index (χ0) is 11.6. The smallest absolute Gasteiger partial charge is 0.296 e. The van der Waals surface area contributed by atoms with E-state index in [2.05, 4.69) is 24.1 Å². The minimum absolute atomic E-state index is 0.0837. The number of nitrogens with zero attached hydrogens (tertiary/aromatic N) is 2. The Morgan fingerprint density at radius 2 is 2.50 bits per heavy atom. The van der Waals surface area contributed by atoms with Gasteiger partial charge in [0, 0.05) is 32.5 Å². The molecule has 1 saturated heterocycles. The number of aromatic nitrogens is 2. The minimum Gasteiger partial charge on any atom is -0.462 e. The summed E-state index contributed by atoms with van der Waals surface area (Å²) in [6.45, 7) is 6.39. The average molecular weight is 225 g/mol. The Morgan fingerprint density at radius 3 is 3.12 bits per heavy atom. The fourth-order valence-corrected chi connectivity index (χ4v) is 1.82. The molecule has 1 aliphatic heterocycles. The van der Waals surface area contributed by atoms with Gasteiger partial charge in [-0.2, -0.15) is 0 Å². The molecule has 1 fully saturated rings. The molecule has 5 heteroatoms. The van der Waals surface area contributed by atoms with Gasteiger partial charge in [-0.1, -0.05) is 0 Å². The van der Waals surface area contributed by atoms with Crippen LogP contribution >= 0.6 is 0 Å². The first-order chi connectivity index (χ1) is 7.57. The van der Waals surface area contributed by atoms with Crippen LogP contribution in [0.3, 0.4) is 0 Å². The van der Waals surface area contributed by atoms with E-state index < -0.39 is 0 Å². The highest BCUT2D eigenvalue weighted by Gasteiger charge is 2.28. The van der Waals surface area contributed by atoms with Crippen molar-refractivity contribution in [2.24, 2.45) is 7.05 Å². The SMILES string of the molecule is Cn1ccnc1OCC1CNCC(C)(C)O1. The molecule has 0 saturated carbocycles. The van der Waals surface area contributed by atoms with Crippen LogP contribution < -0.4 is 10.1 Å². The number of ether oxygens (including phenoxy) is 2. The summed E-state index contributed by atoms with van der Waals surface area (Å²) < 4.78 is 13.3. The van der Waals surface area contributed by atoms with Crippen LogP contribution in [0.2, 0.25) is 0 Å². The molecule has 0 aromatic carbocycles. The molecule has 0 amide bonds. The predicted molar refractivity (Wildman–Crippen MR) is 60.5 cm³/mol. The van der Waals surface area contributed by atoms with Crippen LogP contribution in [0.5, 0.6) is 6.01 Å². The van der Waals surface area contributed by atoms with E-state index in [-0.39, 0.29) is 11.7 Å². The fourth-order valence-electron chi connectivity index (χ4n) is 1.82. The van der Waals surface area contributed by atoms with E-state index in [0.717, 1.165) is 13.1 Å². The lowest BCUT2D eigenvalue weighted by Crippen LogP contribution is -2.52. The van der Waals surface area contributed by atoms with Crippen molar-refractivity contribution >= 4 is 0 Å². The van der Waals surface area contributed by atoms with Gasteiger partial charge in [0.2, 0.25) is 0 Å². The maximum Gasteiger partial charge on any atom is 0.296 e. The third kappa shape index (κ3) is 2.74. The molecule has 1 N–H and O–H groups in total. The lowest BCUT2D eigenvalue weighted by Gasteiger charge is -2.36. The molecule has 1 aromatic rings. The Labute approximate surface area is 95.8 Å². The maximum absolute atomic E-state index is 5.89. The molecular formula is C11H19N3O2. The number of nitrogens with one attached hydrogen (secondary N) is 1. The van der Waals surface area contributed by atoms with Gasteiger partial charge in [-0.15, -0.1) is 0 Å². The first-order valence-corrected chi connectivity index (χ1v) is 5.55. The Hall–Kier alpha value is -1.07. The second kappa shape index (κ2) is 4.43. The minimum atomic E-state index is -0.117. The number of hydrogen-bond donors (Lipinski definition) is 1. The topological polar surface area (TPSA) is 48.3 Å². The monoisotopic (exact) mass is 225 g/mol. The van der Waals surface area contributed by atoms with Gasteiger partial charge in [0.25, 0.3) is 6.01 Å². The quantitative estimate of drug-likeness (QED) is 0.817. The molecule has 1 aliphatic rings. The molecule has 16 heavy (non-hydrogen) atoms. The van der Waals surface area contributed by atoms with E-state index >= 15 is 0 Å². The summed E-state index contributed by atoms with van der Waals surface area (Å²) in [5, 5.41) is 3.34. The number of hydrogen-bond acceptors (Lipinski definition) is 4. The first kappa shape index (κ1) is 11.4. The summed E-state index contributed by atoms with van der Waals surface area (Å²) in [5.41, 5.74) is -0.117. The highest BCUT2D eigenvalue weighted by atomic mass is 16.6. The summed E-state index contributed by atoms with van der Waals surface area (Å²) in [6, 6.07) is 0.631. The van der Waals surface area contributed by atoms with Gasteiger partial charge in [-0.05, 0) is 13.8 Å².